The largest absolute Gasteiger partial charge is 0.378 e. The topological polar surface area (TPSA) is 34.6 Å². The van der Waals surface area contributed by atoms with Crippen LogP contribution < -0.4 is 4.90 Å². The summed E-state index contributed by atoms with van der Waals surface area (Å²) in [6.07, 6.45) is 0.915. The molecule has 4 rings (SSSR count). The smallest absolute Gasteiger partial charge is 0.139 e. The van der Waals surface area contributed by atoms with E-state index in [1.165, 1.54) is 6.07 Å². The first-order valence-electron chi connectivity index (χ1n) is 7.38. The fourth-order valence-electron chi connectivity index (χ4n) is 3.15. The lowest BCUT2D eigenvalue weighted by Crippen LogP contribution is -2.52. The van der Waals surface area contributed by atoms with E-state index in [1.54, 1.807) is 6.07 Å². The molecule has 1 unspecified atom stereocenters. The number of pyridine rings is 1. The summed E-state index contributed by atoms with van der Waals surface area (Å²) >= 11 is 3.21. The molecule has 116 valence electrons. The first-order valence-corrected chi connectivity index (χ1v) is 8.17. The van der Waals surface area contributed by atoms with Crippen molar-refractivity contribution in [3.05, 3.63) is 34.6 Å². The SMILES string of the molecule is Fc1cc2nc(N3CCOC4(CCOC4)C3)ccc2cc1Br. The molecule has 1 spiro atoms. The second-order valence-electron chi connectivity index (χ2n) is 5.88. The number of hydrogen-bond acceptors (Lipinski definition) is 4. The Morgan fingerprint density at radius 2 is 2.18 bits per heavy atom. The van der Waals surface area contributed by atoms with Crippen molar-refractivity contribution in [3.63, 3.8) is 0 Å². The number of benzene rings is 1. The van der Waals surface area contributed by atoms with Crippen molar-refractivity contribution in [2.24, 2.45) is 0 Å². The van der Waals surface area contributed by atoms with Crippen LogP contribution in [0.25, 0.3) is 10.9 Å². The van der Waals surface area contributed by atoms with Gasteiger partial charge in [-0.15, -0.1) is 0 Å². The van der Waals surface area contributed by atoms with Gasteiger partial charge in [0.1, 0.15) is 17.2 Å². The number of ether oxygens (including phenoxy) is 2. The van der Waals surface area contributed by atoms with E-state index in [9.17, 15) is 4.39 Å². The molecule has 0 bridgehead atoms. The predicted molar refractivity (Wildman–Crippen MR) is 85.7 cm³/mol. The second-order valence-corrected chi connectivity index (χ2v) is 6.74. The molecule has 0 saturated carbocycles. The van der Waals surface area contributed by atoms with E-state index < -0.39 is 0 Å². The van der Waals surface area contributed by atoms with Gasteiger partial charge < -0.3 is 14.4 Å². The van der Waals surface area contributed by atoms with E-state index in [4.69, 9.17) is 9.47 Å². The Bertz CT molecular complexity index is 719. The molecule has 0 radical (unpaired) electrons. The summed E-state index contributed by atoms with van der Waals surface area (Å²) in [5, 5.41) is 0.921. The lowest BCUT2D eigenvalue weighted by molar-refractivity contribution is -0.0581. The normalized spacial score (nSPS) is 25.3. The molecule has 22 heavy (non-hydrogen) atoms. The van der Waals surface area contributed by atoms with Crippen LogP contribution in [-0.2, 0) is 9.47 Å². The van der Waals surface area contributed by atoms with Crippen molar-refractivity contribution in [1.29, 1.82) is 0 Å². The summed E-state index contributed by atoms with van der Waals surface area (Å²) in [5.74, 6) is 0.573. The van der Waals surface area contributed by atoms with Gasteiger partial charge in [0.15, 0.2) is 0 Å². The van der Waals surface area contributed by atoms with Crippen molar-refractivity contribution in [2.45, 2.75) is 12.0 Å². The van der Waals surface area contributed by atoms with Crippen molar-refractivity contribution in [3.8, 4) is 0 Å². The summed E-state index contributed by atoms with van der Waals surface area (Å²) in [7, 11) is 0. The lowest BCUT2D eigenvalue weighted by Gasteiger charge is -2.40. The van der Waals surface area contributed by atoms with Crippen molar-refractivity contribution in [2.75, 3.05) is 37.8 Å². The molecular formula is C16H16BrFN2O2. The molecular weight excluding hydrogens is 351 g/mol. The van der Waals surface area contributed by atoms with Crippen LogP contribution in [0.3, 0.4) is 0 Å². The van der Waals surface area contributed by atoms with Gasteiger partial charge in [0.2, 0.25) is 0 Å². The fraction of sp³-hybridized carbons (Fsp3) is 0.438. The zero-order valence-electron chi connectivity index (χ0n) is 12.0. The van der Waals surface area contributed by atoms with E-state index in [1.807, 2.05) is 12.1 Å². The van der Waals surface area contributed by atoms with Crippen molar-refractivity contribution >= 4 is 32.7 Å². The minimum atomic E-state index is -0.292. The van der Waals surface area contributed by atoms with Crippen LogP contribution in [0, 0.1) is 5.82 Å². The Balaban J connectivity index is 1.67. The molecule has 1 aromatic carbocycles. The third-order valence-corrected chi connectivity index (χ3v) is 4.96. The Morgan fingerprint density at radius 1 is 1.27 bits per heavy atom. The summed E-state index contributed by atoms with van der Waals surface area (Å²) in [4.78, 5) is 6.83. The van der Waals surface area contributed by atoms with Crippen LogP contribution >= 0.6 is 15.9 Å². The zero-order chi connectivity index (χ0) is 15.2. The molecule has 6 heteroatoms. The third-order valence-electron chi connectivity index (χ3n) is 4.36. The van der Waals surface area contributed by atoms with E-state index in [0.717, 1.165) is 37.3 Å². The predicted octanol–water partition coefficient (Wildman–Crippen LogP) is 3.13. The molecule has 3 heterocycles. The molecule has 2 fully saturated rings. The summed E-state index contributed by atoms with van der Waals surface area (Å²) in [6, 6.07) is 7.20. The molecule has 2 aromatic rings. The average Bonchev–Trinajstić information content (AvgIpc) is 2.96. The maximum absolute atomic E-state index is 13.7. The lowest BCUT2D eigenvalue weighted by atomic mass is 10.0. The number of aromatic nitrogens is 1. The van der Waals surface area contributed by atoms with Crippen LogP contribution in [0.15, 0.2) is 28.7 Å². The van der Waals surface area contributed by atoms with E-state index >= 15 is 0 Å². The third kappa shape index (κ3) is 2.49. The van der Waals surface area contributed by atoms with Crippen molar-refractivity contribution in [1.82, 2.24) is 4.98 Å². The molecule has 0 amide bonds. The molecule has 1 atom stereocenters. The van der Waals surface area contributed by atoms with Crippen LogP contribution in [0.5, 0.6) is 0 Å². The van der Waals surface area contributed by atoms with Gasteiger partial charge in [0, 0.05) is 31.0 Å². The highest BCUT2D eigenvalue weighted by Gasteiger charge is 2.40. The van der Waals surface area contributed by atoms with E-state index in [-0.39, 0.29) is 11.4 Å². The van der Waals surface area contributed by atoms with Crippen LogP contribution in [0.4, 0.5) is 10.2 Å². The highest BCUT2D eigenvalue weighted by Crippen LogP contribution is 2.30. The van der Waals surface area contributed by atoms with E-state index in [2.05, 4.69) is 25.8 Å². The summed E-state index contributed by atoms with van der Waals surface area (Å²) in [5.41, 5.74) is 0.459. The van der Waals surface area contributed by atoms with Crippen molar-refractivity contribution < 1.29 is 13.9 Å². The Kier molecular flexibility index (Phi) is 3.55. The molecule has 2 saturated heterocycles. The summed E-state index contributed by atoms with van der Waals surface area (Å²) < 4.78 is 25.6. The number of anilines is 1. The summed E-state index contributed by atoms with van der Waals surface area (Å²) in [6.45, 7) is 3.61. The van der Waals surface area contributed by atoms with Gasteiger partial charge in [-0.05, 0) is 34.1 Å². The minimum absolute atomic E-state index is 0.208. The second kappa shape index (κ2) is 5.44. The zero-order valence-corrected chi connectivity index (χ0v) is 13.6. The highest BCUT2D eigenvalue weighted by molar-refractivity contribution is 9.10. The minimum Gasteiger partial charge on any atom is -0.378 e. The van der Waals surface area contributed by atoms with Crippen LogP contribution in [0.2, 0.25) is 0 Å². The van der Waals surface area contributed by atoms with Gasteiger partial charge in [0.05, 0.1) is 29.7 Å². The van der Waals surface area contributed by atoms with Crippen LogP contribution in [0.1, 0.15) is 6.42 Å². The van der Waals surface area contributed by atoms with Gasteiger partial charge in [-0.2, -0.15) is 0 Å². The fourth-order valence-corrected chi connectivity index (χ4v) is 3.51. The average molecular weight is 367 g/mol. The molecule has 1 aromatic heterocycles. The number of hydrogen-bond donors (Lipinski definition) is 0. The Hall–Kier alpha value is -1.24. The first kappa shape index (κ1) is 14.4. The van der Waals surface area contributed by atoms with Gasteiger partial charge in [0.25, 0.3) is 0 Å². The number of halogens is 2. The highest BCUT2D eigenvalue weighted by atomic mass is 79.9. The number of nitrogens with zero attached hydrogens (tertiary/aromatic N) is 2. The maximum Gasteiger partial charge on any atom is 0.139 e. The Morgan fingerprint density at radius 3 is 3.00 bits per heavy atom. The molecule has 0 aliphatic carbocycles. The monoisotopic (exact) mass is 366 g/mol. The quantitative estimate of drug-likeness (QED) is 0.776. The maximum atomic E-state index is 13.7. The standard InChI is InChI=1S/C16H16BrFN2O2/c17-12-7-11-1-2-15(19-14(11)8-13(12)18)20-4-6-22-16(9-20)3-5-21-10-16/h1-2,7-8H,3-6,9-10H2. The molecule has 2 aliphatic heterocycles. The van der Waals surface area contributed by atoms with Gasteiger partial charge in [-0.1, -0.05) is 0 Å². The number of fused-ring (bicyclic) bond motifs is 1. The molecule has 0 N–H and O–H groups in total. The van der Waals surface area contributed by atoms with Gasteiger partial charge >= 0.3 is 0 Å². The van der Waals surface area contributed by atoms with Gasteiger partial charge in [-0.25, -0.2) is 9.37 Å². The molecule has 4 nitrogen and oxygen atoms in total. The number of morpholine rings is 1. The molecule has 2 aliphatic rings. The first-order chi connectivity index (χ1) is 10.7. The van der Waals surface area contributed by atoms with Crippen LogP contribution in [-0.4, -0.2) is 43.5 Å². The van der Waals surface area contributed by atoms with E-state index in [0.29, 0.717) is 23.2 Å². The Labute approximate surface area is 136 Å². The van der Waals surface area contributed by atoms with Gasteiger partial charge in [-0.3, -0.25) is 0 Å². The number of rotatable bonds is 1.